The van der Waals surface area contributed by atoms with Crippen LogP contribution in [0.15, 0.2) is 42.5 Å². The third-order valence-corrected chi connectivity index (χ3v) is 6.31. The number of ether oxygens (including phenoxy) is 2. The van der Waals surface area contributed by atoms with Crippen LogP contribution >= 0.6 is 0 Å². The van der Waals surface area contributed by atoms with Crippen molar-refractivity contribution in [3.05, 3.63) is 64.0 Å². The van der Waals surface area contributed by atoms with E-state index in [0.717, 1.165) is 32.1 Å². The number of halogens is 1. The topological polar surface area (TPSA) is 111 Å². The van der Waals surface area contributed by atoms with Gasteiger partial charge in [0.2, 0.25) is 11.7 Å². The number of nitro benzene ring substituents is 1. The number of amides is 2. The average Bonchev–Trinajstić information content (AvgIpc) is 2.88. The fourth-order valence-corrected chi connectivity index (χ4v) is 4.38. The number of hydrogen-bond acceptors (Lipinski definition) is 6. The first-order valence-electron chi connectivity index (χ1n) is 12.1. The molecule has 2 amide bonds. The first-order valence-corrected chi connectivity index (χ1v) is 12.1. The van der Waals surface area contributed by atoms with Crippen LogP contribution in [0.5, 0.6) is 11.5 Å². The summed E-state index contributed by atoms with van der Waals surface area (Å²) >= 11 is 0. The van der Waals surface area contributed by atoms with Gasteiger partial charge in [-0.05, 0) is 43.0 Å². The van der Waals surface area contributed by atoms with Crippen LogP contribution < -0.4 is 14.8 Å². The Kier molecular flexibility index (Phi) is 9.61. The molecule has 1 saturated carbocycles. The van der Waals surface area contributed by atoms with E-state index in [1.807, 2.05) is 6.92 Å². The van der Waals surface area contributed by atoms with E-state index in [-0.39, 0.29) is 35.7 Å². The molecule has 0 bridgehead atoms. The Hall–Kier alpha value is -3.69. The highest BCUT2D eigenvalue weighted by atomic mass is 19.1. The molecule has 2 aromatic rings. The number of nitrogens with one attached hydrogen (secondary N) is 1. The van der Waals surface area contributed by atoms with Crippen molar-refractivity contribution in [2.24, 2.45) is 0 Å². The molecule has 0 aromatic heterocycles. The van der Waals surface area contributed by atoms with Crippen LogP contribution in [0.25, 0.3) is 0 Å². The number of nitrogens with zero attached hydrogens (tertiary/aromatic N) is 2. The zero-order valence-electron chi connectivity index (χ0n) is 20.6. The molecule has 2 aromatic carbocycles. The molecule has 1 atom stereocenters. The third-order valence-electron chi connectivity index (χ3n) is 6.31. The zero-order chi connectivity index (χ0) is 26.1. The van der Waals surface area contributed by atoms with Crippen LogP contribution in [0.4, 0.5) is 10.1 Å². The van der Waals surface area contributed by atoms with E-state index < -0.39 is 29.3 Å². The van der Waals surface area contributed by atoms with Crippen molar-refractivity contribution in [2.45, 2.75) is 64.1 Å². The van der Waals surface area contributed by atoms with Crippen LogP contribution in [0.3, 0.4) is 0 Å². The van der Waals surface area contributed by atoms with Crippen LogP contribution in [0.2, 0.25) is 0 Å². The van der Waals surface area contributed by atoms with Gasteiger partial charge >= 0.3 is 5.69 Å². The fourth-order valence-electron chi connectivity index (χ4n) is 4.38. The summed E-state index contributed by atoms with van der Waals surface area (Å²) < 4.78 is 24.1. The molecular formula is C26H32FN3O6. The van der Waals surface area contributed by atoms with E-state index in [1.54, 1.807) is 12.1 Å². The molecule has 0 saturated heterocycles. The molecule has 1 fully saturated rings. The van der Waals surface area contributed by atoms with Gasteiger partial charge < -0.3 is 19.7 Å². The molecule has 1 N–H and O–H groups in total. The highest BCUT2D eigenvalue weighted by Crippen LogP contribution is 2.31. The molecule has 1 aliphatic rings. The molecule has 1 aliphatic carbocycles. The first-order chi connectivity index (χ1) is 17.3. The van der Waals surface area contributed by atoms with Crippen LogP contribution in [-0.4, -0.2) is 47.4 Å². The summed E-state index contributed by atoms with van der Waals surface area (Å²) in [5.41, 5.74) is 0.449. The predicted molar refractivity (Wildman–Crippen MR) is 131 cm³/mol. The molecular weight excluding hydrogens is 469 g/mol. The zero-order valence-corrected chi connectivity index (χ0v) is 20.6. The molecule has 0 spiro atoms. The van der Waals surface area contributed by atoms with Gasteiger partial charge in [0, 0.05) is 24.7 Å². The van der Waals surface area contributed by atoms with E-state index >= 15 is 0 Å². The van der Waals surface area contributed by atoms with Gasteiger partial charge in [-0.1, -0.05) is 38.3 Å². The van der Waals surface area contributed by atoms with Crippen LogP contribution in [-0.2, 0) is 16.1 Å². The lowest BCUT2D eigenvalue weighted by Gasteiger charge is -2.32. The Bertz CT molecular complexity index is 1060. The number of benzene rings is 2. The van der Waals surface area contributed by atoms with Gasteiger partial charge in [-0.3, -0.25) is 19.7 Å². The molecule has 3 rings (SSSR count). The van der Waals surface area contributed by atoms with E-state index in [0.29, 0.717) is 12.0 Å². The standard InChI is InChI=1S/C26H32FN3O6/c1-3-22(26(32)28-20-7-5-4-6-8-20)29(16-18-9-11-19(27)12-10-18)25(31)17-36-21-13-14-23(30(33)34)24(15-21)35-2/h9-15,20,22H,3-8,16-17H2,1-2H3,(H,28,32)/t22-/m1/s1. The van der Waals surface area contributed by atoms with Crippen molar-refractivity contribution in [2.75, 3.05) is 13.7 Å². The number of rotatable bonds is 11. The smallest absolute Gasteiger partial charge is 0.311 e. The highest BCUT2D eigenvalue weighted by Gasteiger charge is 2.30. The van der Waals surface area contributed by atoms with Crippen molar-refractivity contribution in [1.82, 2.24) is 10.2 Å². The fraction of sp³-hybridized carbons (Fsp3) is 0.462. The highest BCUT2D eigenvalue weighted by molar-refractivity contribution is 5.88. The maximum atomic E-state index is 13.4. The van der Waals surface area contributed by atoms with Gasteiger partial charge in [-0.15, -0.1) is 0 Å². The lowest BCUT2D eigenvalue weighted by Crippen LogP contribution is -2.52. The minimum absolute atomic E-state index is 0.00594. The monoisotopic (exact) mass is 501 g/mol. The summed E-state index contributed by atoms with van der Waals surface area (Å²) in [7, 11) is 1.30. The van der Waals surface area contributed by atoms with Crippen LogP contribution in [0, 0.1) is 15.9 Å². The molecule has 0 heterocycles. The van der Waals surface area contributed by atoms with Crippen LogP contribution in [0.1, 0.15) is 51.0 Å². The summed E-state index contributed by atoms with van der Waals surface area (Å²) in [4.78, 5) is 38.5. The number of carbonyl (C=O) groups excluding carboxylic acids is 2. The summed E-state index contributed by atoms with van der Waals surface area (Å²) in [6.45, 7) is 1.54. The largest absolute Gasteiger partial charge is 0.490 e. The second-order valence-corrected chi connectivity index (χ2v) is 8.80. The van der Waals surface area contributed by atoms with Gasteiger partial charge in [0.25, 0.3) is 5.91 Å². The number of carbonyl (C=O) groups is 2. The normalized spacial score (nSPS) is 14.5. The van der Waals surface area contributed by atoms with Gasteiger partial charge in [0.1, 0.15) is 17.6 Å². The Morgan fingerprint density at radius 1 is 1.17 bits per heavy atom. The summed E-state index contributed by atoms with van der Waals surface area (Å²) in [5.74, 6) is -0.841. The Balaban J connectivity index is 1.77. The minimum atomic E-state index is -0.737. The Morgan fingerprint density at radius 2 is 1.86 bits per heavy atom. The SMILES string of the molecule is CC[C@H](C(=O)NC1CCCCC1)N(Cc1ccc(F)cc1)C(=O)COc1ccc([N+](=O)[O-])c(OC)c1. The molecule has 9 nitrogen and oxygen atoms in total. The predicted octanol–water partition coefficient (Wildman–Crippen LogP) is 4.38. The van der Waals surface area contributed by atoms with Crippen molar-refractivity contribution < 1.29 is 28.4 Å². The molecule has 10 heteroatoms. The second-order valence-electron chi connectivity index (χ2n) is 8.80. The maximum Gasteiger partial charge on any atom is 0.311 e. The van der Waals surface area contributed by atoms with Crippen molar-refractivity contribution in [1.29, 1.82) is 0 Å². The summed E-state index contributed by atoms with van der Waals surface area (Å²) in [6, 6.07) is 9.07. The Labute approximate surface area is 209 Å². The average molecular weight is 502 g/mol. The van der Waals surface area contributed by atoms with E-state index in [4.69, 9.17) is 9.47 Å². The molecule has 0 radical (unpaired) electrons. The van der Waals surface area contributed by atoms with Gasteiger partial charge in [0.15, 0.2) is 6.61 Å². The van der Waals surface area contributed by atoms with Crippen molar-refractivity contribution in [3.63, 3.8) is 0 Å². The lowest BCUT2D eigenvalue weighted by molar-refractivity contribution is -0.385. The van der Waals surface area contributed by atoms with Crippen molar-refractivity contribution >= 4 is 17.5 Å². The third kappa shape index (κ3) is 7.16. The summed E-state index contributed by atoms with van der Waals surface area (Å²) in [5, 5.41) is 14.2. The second kappa shape index (κ2) is 12.9. The molecule has 0 aliphatic heterocycles. The van der Waals surface area contributed by atoms with Gasteiger partial charge in [0.05, 0.1) is 12.0 Å². The minimum Gasteiger partial charge on any atom is -0.490 e. The summed E-state index contributed by atoms with van der Waals surface area (Å²) in [6.07, 6.45) is 5.50. The maximum absolute atomic E-state index is 13.4. The quantitative estimate of drug-likeness (QED) is 0.361. The molecule has 194 valence electrons. The molecule has 36 heavy (non-hydrogen) atoms. The Morgan fingerprint density at radius 3 is 2.47 bits per heavy atom. The first kappa shape index (κ1) is 26.9. The number of methoxy groups -OCH3 is 1. The van der Waals surface area contributed by atoms with Gasteiger partial charge in [-0.2, -0.15) is 0 Å². The number of nitro groups is 1. The van der Waals surface area contributed by atoms with E-state index in [2.05, 4.69) is 5.32 Å². The van der Waals surface area contributed by atoms with Crippen molar-refractivity contribution in [3.8, 4) is 11.5 Å². The van der Waals surface area contributed by atoms with Gasteiger partial charge in [-0.25, -0.2) is 4.39 Å². The molecule has 0 unspecified atom stereocenters. The van der Waals surface area contributed by atoms with E-state index in [1.165, 1.54) is 42.3 Å². The van der Waals surface area contributed by atoms with E-state index in [9.17, 15) is 24.1 Å². The lowest BCUT2D eigenvalue weighted by atomic mass is 9.95. The number of hydrogen-bond donors (Lipinski definition) is 1.